The Balaban J connectivity index is 5.08. The molecule has 9 heavy (non-hydrogen) atoms. The first-order valence-corrected chi connectivity index (χ1v) is 2.94. The maximum absolute atomic E-state index is 10.3. The molecule has 0 unspecified atom stereocenters. The first-order valence-electron chi connectivity index (χ1n) is 5.30. The highest BCUT2D eigenvalue weighted by atomic mass is 32.1. The molecule has 0 aromatic heterocycles. The SMILES string of the molecule is [2H]C([2H])(CS)C([2H])([2H])C([2H])([2H])CC(=O)O. The Morgan fingerprint density at radius 1 is 1.56 bits per heavy atom. The second-order valence-electron chi connectivity index (χ2n) is 1.21. The summed E-state index contributed by atoms with van der Waals surface area (Å²) in [7, 11) is 0. The summed E-state index contributed by atoms with van der Waals surface area (Å²) in [6.45, 7) is 0. The van der Waals surface area contributed by atoms with Crippen LogP contribution in [0.1, 0.15) is 33.8 Å². The van der Waals surface area contributed by atoms with Gasteiger partial charge in [0.05, 0.1) is 0 Å². The van der Waals surface area contributed by atoms with Crippen molar-refractivity contribution in [2.45, 2.75) is 25.5 Å². The van der Waals surface area contributed by atoms with Crippen molar-refractivity contribution in [3.8, 4) is 0 Å². The van der Waals surface area contributed by atoms with Crippen LogP contribution in [-0.4, -0.2) is 16.8 Å². The summed E-state index contributed by atoms with van der Waals surface area (Å²) in [5, 5.41) is 8.40. The predicted molar refractivity (Wildman–Crippen MR) is 40.0 cm³/mol. The summed E-state index contributed by atoms with van der Waals surface area (Å²) in [6, 6.07) is 0. The van der Waals surface area contributed by atoms with E-state index in [0.29, 0.717) is 0 Å². The molecule has 0 aliphatic carbocycles. The predicted octanol–water partition coefficient (Wildman–Crippen LogP) is 1.56. The lowest BCUT2D eigenvalue weighted by Gasteiger charge is -1.92. The lowest BCUT2D eigenvalue weighted by Crippen LogP contribution is -1.93. The third-order valence-corrected chi connectivity index (χ3v) is 0.654. The third kappa shape index (κ3) is 7.82. The lowest BCUT2D eigenvalue weighted by atomic mass is 10.2. The Bertz CT molecular complexity index is 254. The van der Waals surface area contributed by atoms with Gasteiger partial charge in [-0.2, -0.15) is 12.6 Å². The third-order valence-electron chi connectivity index (χ3n) is 0.495. The van der Waals surface area contributed by atoms with Crippen molar-refractivity contribution >= 4 is 18.6 Å². The standard InChI is InChI=1S/C6H12O2S/c7-6(8)4-2-1-3-5-9/h9H,1-5H2,(H,7,8)/i1D2,2D2,3D2. The normalized spacial score (nSPS) is 24.1. The smallest absolute Gasteiger partial charge is 0.303 e. The van der Waals surface area contributed by atoms with Gasteiger partial charge in [0, 0.05) is 14.6 Å². The zero-order chi connectivity index (χ0) is 12.5. The van der Waals surface area contributed by atoms with E-state index < -0.39 is 37.3 Å². The molecule has 0 aliphatic heterocycles. The number of carbonyl (C=O) groups is 1. The minimum absolute atomic E-state index is 0.529. The van der Waals surface area contributed by atoms with Crippen LogP contribution in [0.15, 0.2) is 0 Å². The molecular weight excluding hydrogens is 136 g/mol. The van der Waals surface area contributed by atoms with E-state index in [4.69, 9.17) is 13.3 Å². The Hall–Kier alpha value is -0.180. The van der Waals surface area contributed by atoms with Crippen LogP contribution in [0.2, 0.25) is 0 Å². The van der Waals surface area contributed by atoms with Crippen molar-refractivity contribution in [3.63, 3.8) is 0 Å². The van der Waals surface area contributed by atoms with Crippen molar-refractivity contribution in [1.82, 2.24) is 0 Å². The zero-order valence-corrected chi connectivity index (χ0v) is 5.61. The summed E-state index contributed by atoms with van der Waals surface area (Å²) in [4.78, 5) is 10.3. The van der Waals surface area contributed by atoms with Crippen molar-refractivity contribution in [1.29, 1.82) is 0 Å². The van der Waals surface area contributed by atoms with Gasteiger partial charge in [0.15, 0.2) is 0 Å². The molecule has 0 rings (SSSR count). The number of rotatable bonds is 5. The number of carboxylic acids is 1. The number of hydrogen-bond acceptors (Lipinski definition) is 2. The van der Waals surface area contributed by atoms with Crippen LogP contribution in [-0.2, 0) is 4.79 Å². The van der Waals surface area contributed by atoms with Crippen molar-refractivity contribution < 1.29 is 18.1 Å². The second-order valence-corrected chi connectivity index (χ2v) is 1.52. The first kappa shape index (κ1) is 2.82. The molecule has 0 heterocycles. The number of thiol groups is 1. The Morgan fingerprint density at radius 3 is 2.67 bits per heavy atom. The fourth-order valence-corrected chi connectivity index (χ4v) is 0.301. The molecule has 3 heteroatoms. The maximum atomic E-state index is 10.3. The molecule has 0 fully saturated rings. The van der Waals surface area contributed by atoms with Gasteiger partial charge in [0.25, 0.3) is 0 Å². The van der Waals surface area contributed by atoms with Crippen LogP contribution in [0.4, 0.5) is 0 Å². The first-order chi connectivity index (χ1) is 6.48. The van der Waals surface area contributed by atoms with E-state index in [9.17, 15) is 4.79 Å². The molecular formula is C6H12O2S. The second kappa shape index (κ2) is 5.95. The molecule has 0 radical (unpaired) electrons. The average molecular weight is 154 g/mol. The maximum Gasteiger partial charge on any atom is 0.303 e. The zero-order valence-electron chi connectivity index (χ0n) is 10.7. The Labute approximate surface area is 69.1 Å². The van der Waals surface area contributed by atoms with Crippen LogP contribution >= 0.6 is 12.6 Å². The quantitative estimate of drug-likeness (QED) is 0.590. The van der Waals surface area contributed by atoms with Gasteiger partial charge in [-0.1, -0.05) is 6.37 Å². The number of aliphatic carboxylic acids is 1. The van der Waals surface area contributed by atoms with E-state index in [1.54, 1.807) is 0 Å². The van der Waals surface area contributed by atoms with Gasteiger partial charge in [0.2, 0.25) is 0 Å². The minimum Gasteiger partial charge on any atom is -0.481 e. The van der Waals surface area contributed by atoms with Gasteiger partial charge in [0.1, 0.15) is 0 Å². The van der Waals surface area contributed by atoms with E-state index in [1.807, 2.05) is 0 Å². The van der Waals surface area contributed by atoms with Gasteiger partial charge >= 0.3 is 5.97 Å². The molecule has 2 nitrogen and oxygen atoms in total. The van der Waals surface area contributed by atoms with E-state index in [0.717, 1.165) is 0 Å². The molecule has 54 valence electrons. The topological polar surface area (TPSA) is 37.3 Å². The van der Waals surface area contributed by atoms with Gasteiger partial charge in [-0.25, -0.2) is 0 Å². The fourth-order valence-electron chi connectivity index (χ4n) is 0.222. The van der Waals surface area contributed by atoms with Crippen molar-refractivity contribution in [2.75, 3.05) is 5.75 Å². The van der Waals surface area contributed by atoms with Crippen LogP contribution in [0.3, 0.4) is 0 Å². The molecule has 0 atom stereocenters. The number of carboxylic acid groups (broad SMARTS) is 1. The fraction of sp³-hybridized carbons (Fsp3) is 0.833. The van der Waals surface area contributed by atoms with Crippen LogP contribution in [0.25, 0.3) is 0 Å². The lowest BCUT2D eigenvalue weighted by molar-refractivity contribution is -0.137. The van der Waals surface area contributed by atoms with Gasteiger partial charge < -0.3 is 5.11 Å². The molecule has 1 N–H and O–H groups in total. The molecule has 0 saturated heterocycles. The summed E-state index contributed by atoms with van der Waals surface area (Å²) < 4.78 is 43.7. The highest BCUT2D eigenvalue weighted by molar-refractivity contribution is 7.80. The molecule has 0 saturated carbocycles. The monoisotopic (exact) mass is 154 g/mol. The van der Waals surface area contributed by atoms with Crippen LogP contribution < -0.4 is 0 Å². The van der Waals surface area contributed by atoms with E-state index in [1.165, 1.54) is 0 Å². The van der Waals surface area contributed by atoms with Crippen LogP contribution in [0, 0.1) is 0 Å². The molecule has 0 aliphatic rings. The molecule has 0 amide bonds. The van der Waals surface area contributed by atoms with Crippen LogP contribution in [0.5, 0.6) is 0 Å². The Kier molecular flexibility index (Phi) is 1.87. The van der Waals surface area contributed by atoms with E-state index in [2.05, 4.69) is 12.6 Å². The summed E-state index contributed by atoms with van der Waals surface area (Å²) in [5.74, 6) is -2.04. The average Bonchev–Trinajstić information content (AvgIpc) is 2.01. The molecule has 0 aromatic carbocycles. The molecule has 0 aromatic rings. The minimum atomic E-state index is -2.92. The van der Waals surface area contributed by atoms with Crippen molar-refractivity contribution in [2.24, 2.45) is 0 Å². The molecule has 0 spiro atoms. The highest BCUT2D eigenvalue weighted by Crippen LogP contribution is 1.99. The van der Waals surface area contributed by atoms with Gasteiger partial charge in [-0.05, 0) is 18.5 Å². The summed E-state index contributed by atoms with van der Waals surface area (Å²) in [6.07, 6.45) is -9.33. The van der Waals surface area contributed by atoms with Gasteiger partial charge in [-0.15, -0.1) is 0 Å². The van der Waals surface area contributed by atoms with Crippen molar-refractivity contribution in [3.05, 3.63) is 0 Å². The molecule has 0 bridgehead atoms. The Morgan fingerprint density at radius 2 is 2.22 bits per heavy atom. The number of hydrogen-bond donors (Lipinski definition) is 2. The largest absolute Gasteiger partial charge is 0.481 e. The highest BCUT2D eigenvalue weighted by Gasteiger charge is 1.94. The summed E-state index contributed by atoms with van der Waals surface area (Å²) >= 11 is 3.59. The van der Waals surface area contributed by atoms with E-state index in [-0.39, 0.29) is 0 Å². The van der Waals surface area contributed by atoms with Gasteiger partial charge in [-0.3, -0.25) is 4.79 Å². The van der Waals surface area contributed by atoms with E-state index >= 15 is 0 Å². The summed E-state index contributed by atoms with van der Waals surface area (Å²) in [5.41, 5.74) is 0.